The van der Waals surface area contributed by atoms with Crippen molar-refractivity contribution in [2.24, 2.45) is 0 Å². The van der Waals surface area contributed by atoms with Gasteiger partial charge in [-0.05, 0) is 12.5 Å². The molecule has 0 unspecified atom stereocenters. The van der Waals surface area contributed by atoms with Crippen molar-refractivity contribution in [3.63, 3.8) is 0 Å². The van der Waals surface area contributed by atoms with Crippen molar-refractivity contribution in [3.8, 4) is 5.75 Å². The van der Waals surface area contributed by atoms with Crippen LogP contribution in [0.4, 0.5) is 4.39 Å². The maximum Gasteiger partial charge on any atom is 0.257 e. The third kappa shape index (κ3) is 4.03. The molecule has 2 N–H and O–H groups in total. The first-order valence-corrected chi connectivity index (χ1v) is 5.46. The van der Waals surface area contributed by atoms with Gasteiger partial charge in [0.2, 0.25) is 0 Å². The van der Waals surface area contributed by atoms with Gasteiger partial charge in [0, 0.05) is 12.1 Å². The molecule has 0 heterocycles. The molecule has 0 saturated heterocycles. The van der Waals surface area contributed by atoms with Gasteiger partial charge in [0.25, 0.3) is 5.91 Å². The Morgan fingerprint density at radius 1 is 1.53 bits per heavy atom. The van der Waals surface area contributed by atoms with E-state index in [9.17, 15) is 9.18 Å². The molecule has 0 fully saturated rings. The zero-order valence-corrected chi connectivity index (χ0v) is 9.70. The van der Waals surface area contributed by atoms with Gasteiger partial charge in [-0.3, -0.25) is 4.79 Å². The van der Waals surface area contributed by atoms with Gasteiger partial charge >= 0.3 is 0 Å². The van der Waals surface area contributed by atoms with Gasteiger partial charge in [0.15, 0.2) is 18.2 Å². The Bertz CT molecular complexity index is 382. The second-order valence-corrected chi connectivity index (χ2v) is 3.52. The quantitative estimate of drug-likeness (QED) is 0.787. The molecule has 17 heavy (non-hydrogen) atoms. The summed E-state index contributed by atoms with van der Waals surface area (Å²) >= 11 is 0. The van der Waals surface area contributed by atoms with E-state index in [2.05, 4.69) is 5.32 Å². The molecule has 4 nitrogen and oxygen atoms in total. The molecule has 1 rings (SSSR count). The van der Waals surface area contributed by atoms with Gasteiger partial charge in [0.1, 0.15) is 0 Å². The van der Waals surface area contributed by atoms with Crippen LogP contribution in [0.5, 0.6) is 5.75 Å². The number of carbonyl (C=O) groups is 1. The number of carbonyl (C=O) groups excluding carboxylic acids is 1. The summed E-state index contributed by atoms with van der Waals surface area (Å²) in [6.45, 7) is 1.91. The normalized spacial score (nSPS) is 10.1. The molecule has 5 heteroatoms. The van der Waals surface area contributed by atoms with Crippen molar-refractivity contribution < 1.29 is 19.0 Å². The molecular weight excluding hydrogens is 225 g/mol. The highest BCUT2D eigenvalue weighted by atomic mass is 19.1. The Balaban J connectivity index is 2.59. The molecule has 1 amide bonds. The molecule has 0 aromatic heterocycles. The highest BCUT2D eigenvalue weighted by molar-refractivity contribution is 5.77. The summed E-state index contributed by atoms with van der Waals surface area (Å²) in [6, 6.07) is 4.24. The van der Waals surface area contributed by atoms with Crippen molar-refractivity contribution >= 4 is 5.91 Å². The van der Waals surface area contributed by atoms with Crippen LogP contribution in [0.3, 0.4) is 0 Å². The van der Waals surface area contributed by atoms with Gasteiger partial charge in [0.05, 0.1) is 6.61 Å². The third-order valence-electron chi connectivity index (χ3n) is 2.14. The third-order valence-corrected chi connectivity index (χ3v) is 2.14. The van der Waals surface area contributed by atoms with Gasteiger partial charge in [-0.2, -0.15) is 0 Å². The zero-order chi connectivity index (χ0) is 12.7. The number of halogens is 1. The van der Waals surface area contributed by atoms with Crippen molar-refractivity contribution in [2.75, 3.05) is 13.2 Å². The Morgan fingerprint density at radius 3 is 2.94 bits per heavy atom. The number of rotatable bonds is 6. The Hall–Kier alpha value is -1.62. The average Bonchev–Trinajstić information content (AvgIpc) is 2.34. The summed E-state index contributed by atoms with van der Waals surface area (Å²) in [4.78, 5) is 11.3. The minimum Gasteiger partial charge on any atom is -0.480 e. The number of benzene rings is 1. The van der Waals surface area contributed by atoms with Crippen LogP contribution >= 0.6 is 0 Å². The molecule has 0 bridgehead atoms. The van der Waals surface area contributed by atoms with Crippen LogP contribution in [0, 0.1) is 5.82 Å². The number of para-hydroxylation sites is 1. The van der Waals surface area contributed by atoms with E-state index in [4.69, 9.17) is 9.84 Å². The lowest BCUT2D eigenvalue weighted by Crippen LogP contribution is -2.29. The monoisotopic (exact) mass is 241 g/mol. The number of nitrogens with one attached hydrogen (secondary N) is 1. The molecule has 94 valence electrons. The smallest absolute Gasteiger partial charge is 0.257 e. The largest absolute Gasteiger partial charge is 0.480 e. The van der Waals surface area contributed by atoms with Crippen LogP contribution in [-0.4, -0.2) is 24.2 Å². The first-order valence-electron chi connectivity index (χ1n) is 5.46. The fourth-order valence-electron chi connectivity index (χ4n) is 1.29. The average molecular weight is 241 g/mol. The lowest BCUT2D eigenvalue weighted by atomic mass is 10.2. The second-order valence-electron chi connectivity index (χ2n) is 3.52. The fourth-order valence-corrected chi connectivity index (χ4v) is 1.29. The van der Waals surface area contributed by atoms with Gasteiger partial charge in [-0.15, -0.1) is 0 Å². The van der Waals surface area contributed by atoms with Gasteiger partial charge in [-0.1, -0.05) is 19.1 Å². The molecule has 1 aromatic rings. The minimum absolute atomic E-state index is 0.0679. The topological polar surface area (TPSA) is 58.6 Å². The zero-order valence-electron chi connectivity index (χ0n) is 9.70. The van der Waals surface area contributed by atoms with Crippen molar-refractivity contribution in [1.29, 1.82) is 0 Å². The highest BCUT2D eigenvalue weighted by Crippen LogP contribution is 2.22. The maximum atomic E-state index is 13.4. The number of aliphatic hydroxyl groups excluding tert-OH is 1. The van der Waals surface area contributed by atoms with E-state index in [0.717, 1.165) is 6.42 Å². The van der Waals surface area contributed by atoms with Crippen molar-refractivity contribution in [2.45, 2.75) is 20.0 Å². The molecular formula is C12H16FNO3. The number of aliphatic hydroxyl groups is 1. The lowest BCUT2D eigenvalue weighted by molar-refractivity contribution is -0.123. The summed E-state index contributed by atoms with van der Waals surface area (Å²) in [5, 5.41) is 11.6. The summed E-state index contributed by atoms with van der Waals surface area (Å²) in [5.41, 5.74) is 0.327. The van der Waals surface area contributed by atoms with Crippen LogP contribution in [0.2, 0.25) is 0 Å². The first-order chi connectivity index (χ1) is 8.19. The fraction of sp³-hybridized carbons (Fsp3) is 0.417. The second kappa shape index (κ2) is 6.85. The van der Waals surface area contributed by atoms with E-state index in [-0.39, 0.29) is 24.9 Å². The molecule has 0 spiro atoms. The molecule has 0 atom stereocenters. The standard InChI is InChI=1S/C12H16FNO3/c1-2-6-14-11(16)8-17-12-9(7-15)4-3-5-10(12)13/h3-5,15H,2,6-8H2,1H3,(H,14,16). The van der Waals surface area contributed by atoms with Crippen LogP contribution < -0.4 is 10.1 Å². The summed E-state index contributed by atoms with van der Waals surface area (Å²) in [7, 11) is 0. The maximum absolute atomic E-state index is 13.4. The Labute approximate surface area is 99.4 Å². The van der Waals surface area contributed by atoms with Crippen LogP contribution in [0.25, 0.3) is 0 Å². The van der Waals surface area contributed by atoms with Crippen LogP contribution in [0.1, 0.15) is 18.9 Å². The van der Waals surface area contributed by atoms with Gasteiger partial charge in [-0.25, -0.2) is 4.39 Å². The van der Waals surface area contributed by atoms with Gasteiger partial charge < -0.3 is 15.2 Å². The van der Waals surface area contributed by atoms with E-state index in [1.165, 1.54) is 12.1 Å². The van der Waals surface area contributed by atoms with Crippen molar-refractivity contribution in [1.82, 2.24) is 5.32 Å². The Morgan fingerprint density at radius 2 is 2.29 bits per heavy atom. The van der Waals surface area contributed by atoms with E-state index in [1.807, 2.05) is 6.92 Å². The molecule has 0 aliphatic carbocycles. The molecule has 1 aromatic carbocycles. The lowest BCUT2D eigenvalue weighted by Gasteiger charge is -2.10. The summed E-state index contributed by atoms with van der Waals surface area (Å²) < 4.78 is 18.4. The van der Waals surface area contributed by atoms with E-state index < -0.39 is 5.82 Å². The number of ether oxygens (including phenoxy) is 1. The van der Waals surface area contributed by atoms with Crippen LogP contribution in [-0.2, 0) is 11.4 Å². The molecule has 0 radical (unpaired) electrons. The first kappa shape index (κ1) is 13.4. The number of hydrogen-bond acceptors (Lipinski definition) is 3. The minimum atomic E-state index is -0.583. The molecule has 0 aliphatic rings. The SMILES string of the molecule is CCCNC(=O)COc1c(F)cccc1CO. The van der Waals surface area contributed by atoms with Crippen molar-refractivity contribution in [3.05, 3.63) is 29.6 Å². The van der Waals surface area contributed by atoms with Crippen LogP contribution in [0.15, 0.2) is 18.2 Å². The Kier molecular flexibility index (Phi) is 5.42. The summed E-state index contributed by atoms with van der Waals surface area (Å²) in [6.07, 6.45) is 0.827. The summed E-state index contributed by atoms with van der Waals surface area (Å²) in [5.74, 6) is -0.958. The molecule has 0 saturated carbocycles. The predicted octanol–water partition coefficient (Wildman–Crippen LogP) is 1.22. The van der Waals surface area contributed by atoms with E-state index >= 15 is 0 Å². The van der Waals surface area contributed by atoms with E-state index in [0.29, 0.717) is 12.1 Å². The predicted molar refractivity (Wildman–Crippen MR) is 61.1 cm³/mol. The number of hydrogen-bond donors (Lipinski definition) is 2. The highest BCUT2D eigenvalue weighted by Gasteiger charge is 2.10. The molecule has 0 aliphatic heterocycles. The number of amides is 1. The van der Waals surface area contributed by atoms with E-state index in [1.54, 1.807) is 6.07 Å².